The summed E-state index contributed by atoms with van der Waals surface area (Å²) in [7, 11) is 0. The van der Waals surface area contributed by atoms with Gasteiger partial charge in [0.05, 0.1) is 6.61 Å². The molecule has 0 radical (unpaired) electrons. The van der Waals surface area contributed by atoms with Crippen LogP contribution in [0.2, 0.25) is 0 Å². The average Bonchev–Trinajstić information content (AvgIpc) is 2.49. The number of ether oxygens (including phenoxy) is 1. The molecule has 1 aromatic rings. The zero-order chi connectivity index (χ0) is 15.2. The summed E-state index contributed by atoms with van der Waals surface area (Å²) in [5.74, 6) is 0. The highest BCUT2D eigenvalue weighted by Gasteiger charge is 2.21. The fourth-order valence-corrected chi connectivity index (χ4v) is 2.47. The summed E-state index contributed by atoms with van der Waals surface area (Å²) in [6.45, 7) is 6.26. The van der Waals surface area contributed by atoms with E-state index in [4.69, 9.17) is 22.7 Å². The Bertz CT molecular complexity index is 496. The second-order valence-corrected chi connectivity index (χ2v) is 5.46. The molecule has 6 heteroatoms. The highest BCUT2D eigenvalue weighted by Crippen LogP contribution is 2.11. The normalized spacial score (nSPS) is 15.8. The summed E-state index contributed by atoms with van der Waals surface area (Å²) >= 11 is 4.94. The van der Waals surface area contributed by atoms with Crippen LogP contribution in [0.15, 0.2) is 24.3 Å². The Morgan fingerprint density at radius 3 is 2.38 bits per heavy atom. The molecular formula is C15H21N3O2S. The average molecular weight is 307 g/mol. The molecule has 2 N–H and O–H groups in total. The van der Waals surface area contributed by atoms with Crippen molar-refractivity contribution in [2.75, 3.05) is 32.8 Å². The molecule has 0 bridgehead atoms. The highest BCUT2D eigenvalue weighted by molar-refractivity contribution is 7.80. The van der Waals surface area contributed by atoms with Gasteiger partial charge in [0.15, 0.2) is 0 Å². The van der Waals surface area contributed by atoms with Crippen LogP contribution in [0.25, 0.3) is 0 Å². The maximum atomic E-state index is 11.6. The smallest absolute Gasteiger partial charge is 0.409 e. The van der Waals surface area contributed by atoms with Crippen molar-refractivity contribution in [3.63, 3.8) is 0 Å². The lowest BCUT2D eigenvalue weighted by molar-refractivity contribution is 0.0778. The molecule has 1 fully saturated rings. The Hall–Kier alpha value is -1.66. The molecule has 1 aliphatic rings. The van der Waals surface area contributed by atoms with Gasteiger partial charge in [-0.25, -0.2) is 4.79 Å². The first-order valence-corrected chi connectivity index (χ1v) is 7.53. The van der Waals surface area contributed by atoms with Gasteiger partial charge in [-0.1, -0.05) is 36.5 Å². The number of nitrogens with zero attached hydrogens (tertiary/aromatic N) is 2. The minimum Gasteiger partial charge on any atom is -0.450 e. The molecule has 1 saturated heterocycles. The van der Waals surface area contributed by atoms with Gasteiger partial charge in [-0.05, 0) is 12.5 Å². The summed E-state index contributed by atoms with van der Waals surface area (Å²) in [6.07, 6.45) is -0.210. The van der Waals surface area contributed by atoms with Crippen molar-refractivity contribution in [2.24, 2.45) is 5.73 Å². The number of nitrogens with two attached hydrogens (primary N) is 1. The number of benzene rings is 1. The lowest BCUT2D eigenvalue weighted by atomic mass is 10.1. The molecular weight excluding hydrogens is 286 g/mol. The van der Waals surface area contributed by atoms with E-state index in [1.807, 2.05) is 31.2 Å². The molecule has 21 heavy (non-hydrogen) atoms. The first-order valence-electron chi connectivity index (χ1n) is 7.13. The zero-order valence-electron chi connectivity index (χ0n) is 12.2. The Kier molecular flexibility index (Phi) is 5.52. The topological polar surface area (TPSA) is 58.8 Å². The van der Waals surface area contributed by atoms with Crippen LogP contribution in [0.3, 0.4) is 0 Å². The van der Waals surface area contributed by atoms with Crippen molar-refractivity contribution < 1.29 is 9.53 Å². The van der Waals surface area contributed by atoms with Gasteiger partial charge in [0.25, 0.3) is 0 Å². The van der Waals surface area contributed by atoms with E-state index >= 15 is 0 Å². The molecule has 1 aromatic carbocycles. The Morgan fingerprint density at radius 1 is 1.24 bits per heavy atom. The predicted molar refractivity (Wildman–Crippen MR) is 86.2 cm³/mol. The van der Waals surface area contributed by atoms with Crippen molar-refractivity contribution in [2.45, 2.75) is 13.5 Å². The quantitative estimate of drug-likeness (QED) is 0.856. The van der Waals surface area contributed by atoms with Crippen molar-refractivity contribution in [1.82, 2.24) is 9.80 Å². The summed E-state index contributed by atoms with van der Waals surface area (Å²) < 4.78 is 5.01. The van der Waals surface area contributed by atoms with Crippen LogP contribution in [-0.4, -0.2) is 53.7 Å². The molecule has 5 nitrogen and oxygen atoms in total. The third kappa shape index (κ3) is 4.41. The zero-order valence-corrected chi connectivity index (χ0v) is 13.1. The molecule has 0 aromatic heterocycles. The SMILES string of the molecule is CCOC(=O)N1CCN(Cc2ccc(C(N)=S)cc2)CC1. The maximum Gasteiger partial charge on any atom is 0.409 e. The number of piperazine rings is 1. The lowest BCUT2D eigenvalue weighted by Gasteiger charge is -2.34. The fourth-order valence-electron chi connectivity index (χ4n) is 2.34. The fraction of sp³-hybridized carbons (Fsp3) is 0.467. The molecule has 114 valence electrons. The second-order valence-electron chi connectivity index (χ2n) is 5.02. The largest absolute Gasteiger partial charge is 0.450 e. The first-order chi connectivity index (χ1) is 10.1. The lowest BCUT2D eigenvalue weighted by Crippen LogP contribution is -2.48. The molecule has 1 amide bonds. The van der Waals surface area contributed by atoms with E-state index in [2.05, 4.69) is 4.90 Å². The van der Waals surface area contributed by atoms with Crippen LogP contribution in [-0.2, 0) is 11.3 Å². The third-order valence-electron chi connectivity index (χ3n) is 3.54. The number of hydrogen-bond donors (Lipinski definition) is 1. The van der Waals surface area contributed by atoms with E-state index in [1.54, 1.807) is 4.90 Å². The van der Waals surface area contributed by atoms with Crippen LogP contribution < -0.4 is 5.73 Å². The molecule has 1 aliphatic heterocycles. The summed E-state index contributed by atoms with van der Waals surface area (Å²) in [5.41, 5.74) is 7.70. The van der Waals surface area contributed by atoms with E-state index in [0.717, 1.165) is 25.2 Å². The van der Waals surface area contributed by atoms with Gasteiger partial charge in [0.1, 0.15) is 4.99 Å². The minimum absolute atomic E-state index is 0.210. The van der Waals surface area contributed by atoms with Gasteiger partial charge in [0.2, 0.25) is 0 Å². The maximum absolute atomic E-state index is 11.6. The van der Waals surface area contributed by atoms with Gasteiger partial charge in [-0.15, -0.1) is 0 Å². The van der Waals surface area contributed by atoms with Crippen molar-refractivity contribution in [3.8, 4) is 0 Å². The highest BCUT2D eigenvalue weighted by atomic mass is 32.1. The first kappa shape index (κ1) is 15.7. The number of rotatable bonds is 4. The van der Waals surface area contributed by atoms with Crippen LogP contribution >= 0.6 is 12.2 Å². The van der Waals surface area contributed by atoms with E-state index in [-0.39, 0.29) is 6.09 Å². The van der Waals surface area contributed by atoms with E-state index < -0.39 is 0 Å². The van der Waals surface area contributed by atoms with Crippen molar-refractivity contribution >= 4 is 23.3 Å². The van der Waals surface area contributed by atoms with Gasteiger partial charge < -0.3 is 15.4 Å². The number of hydrogen-bond acceptors (Lipinski definition) is 4. The van der Waals surface area contributed by atoms with Crippen LogP contribution in [0.1, 0.15) is 18.1 Å². The Labute approximate surface area is 130 Å². The molecule has 0 atom stereocenters. The number of thiocarbonyl (C=S) groups is 1. The Balaban J connectivity index is 1.83. The third-order valence-corrected chi connectivity index (χ3v) is 3.78. The van der Waals surface area contributed by atoms with Crippen LogP contribution in [0.4, 0.5) is 4.79 Å². The molecule has 0 aliphatic carbocycles. The van der Waals surface area contributed by atoms with E-state index in [1.165, 1.54) is 5.56 Å². The molecule has 0 spiro atoms. The number of amides is 1. The predicted octanol–water partition coefficient (Wildman–Crippen LogP) is 1.59. The summed E-state index contributed by atoms with van der Waals surface area (Å²) in [5, 5.41) is 0. The molecule has 2 rings (SSSR count). The monoisotopic (exact) mass is 307 g/mol. The summed E-state index contributed by atoms with van der Waals surface area (Å²) in [6, 6.07) is 8.00. The van der Waals surface area contributed by atoms with Gasteiger partial charge in [-0.3, -0.25) is 4.90 Å². The molecule has 1 heterocycles. The van der Waals surface area contributed by atoms with Gasteiger partial charge in [-0.2, -0.15) is 0 Å². The van der Waals surface area contributed by atoms with Gasteiger partial charge in [0, 0.05) is 38.3 Å². The molecule has 0 unspecified atom stereocenters. The van der Waals surface area contributed by atoms with Crippen LogP contribution in [0.5, 0.6) is 0 Å². The summed E-state index contributed by atoms with van der Waals surface area (Å²) in [4.78, 5) is 16.1. The van der Waals surface area contributed by atoms with Crippen molar-refractivity contribution in [1.29, 1.82) is 0 Å². The second kappa shape index (κ2) is 7.38. The molecule has 0 saturated carbocycles. The number of carbonyl (C=O) groups excluding carboxylic acids is 1. The number of carbonyl (C=O) groups is 1. The standard InChI is InChI=1S/C15H21N3O2S/c1-2-20-15(19)18-9-7-17(8-10-18)11-12-3-5-13(6-4-12)14(16)21/h3-6H,2,7-11H2,1H3,(H2,16,21). The minimum atomic E-state index is -0.210. The van der Waals surface area contributed by atoms with E-state index in [0.29, 0.717) is 24.7 Å². The van der Waals surface area contributed by atoms with Crippen LogP contribution in [0, 0.1) is 0 Å². The van der Waals surface area contributed by atoms with E-state index in [9.17, 15) is 4.79 Å². The van der Waals surface area contributed by atoms with Gasteiger partial charge >= 0.3 is 6.09 Å². The van der Waals surface area contributed by atoms with Crippen molar-refractivity contribution in [3.05, 3.63) is 35.4 Å². The Morgan fingerprint density at radius 2 is 1.86 bits per heavy atom.